The molecule has 0 spiro atoms. The van der Waals surface area contributed by atoms with Crippen LogP contribution in [0.1, 0.15) is 24.2 Å². The first-order valence-electron chi connectivity index (χ1n) is 5.43. The highest BCUT2D eigenvalue weighted by atomic mass is 35.5. The molecule has 2 atom stereocenters. The quantitative estimate of drug-likeness (QED) is 0.558. The summed E-state index contributed by atoms with van der Waals surface area (Å²) >= 11 is 0. The second kappa shape index (κ2) is 7.48. The lowest BCUT2D eigenvalue weighted by Gasteiger charge is -2.17. The highest BCUT2D eigenvalue weighted by Crippen LogP contribution is 2.22. The fraction of sp³-hybridized carbons (Fsp3) is 0.500. The normalized spacial score (nSPS) is 13.9. The van der Waals surface area contributed by atoms with E-state index in [4.69, 9.17) is 0 Å². The Hall–Kier alpha value is -0.840. The highest BCUT2D eigenvalue weighted by molar-refractivity contribution is 5.36. The standard InChI is InChI=1S/C12H18FNO2.ClH/c1-8-7-10(3-4-11(8)15)12(16)9(2)14-6-5-13;/h3-4,7,9,12,14-16H,5-6H2,1-2H3;1H. The molecule has 0 amide bonds. The van der Waals surface area contributed by atoms with Crippen LogP contribution in [0, 0.1) is 6.92 Å². The molecule has 0 aromatic heterocycles. The Morgan fingerprint density at radius 1 is 1.41 bits per heavy atom. The van der Waals surface area contributed by atoms with Crippen LogP contribution in [-0.2, 0) is 0 Å². The second-order valence-electron chi connectivity index (χ2n) is 4.06. The Morgan fingerprint density at radius 3 is 2.59 bits per heavy atom. The predicted molar refractivity (Wildman–Crippen MR) is 60.0 cm³/mol. The van der Waals surface area contributed by atoms with Crippen LogP contribution in [0.5, 0.6) is 5.75 Å². The molecule has 4 N–H and O–H groups in total. The van der Waals surface area contributed by atoms with Crippen molar-refractivity contribution in [3.8, 4) is 5.75 Å². The van der Waals surface area contributed by atoms with Gasteiger partial charge in [-0.05, 0) is 37.1 Å². The maximum atomic E-state index is 12.0. The van der Waals surface area contributed by atoms with E-state index in [1.165, 1.54) is 0 Å². The average Bonchev–Trinajstić information content (AvgIpc) is 2.28. The van der Waals surface area contributed by atoms with Gasteiger partial charge in [0.15, 0.2) is 0 Å². The Kier molecular flexibility index (Phi) is 7.11. The van der Waals surface area contributed by atoms with Gasteiger partial charge in [-0.15, -0.1) is 0 Å². The molecule has 0 bridgehead atoms. The van der Waals surface area contributed by atoms with Gasteiger partial charge >= 0.3 is 0 Å². The van der Waals surface area contributed by atoms with Crippen molar-refractivity contribution in [2.45, 2.75) is 26.0 Å². The molecule has 0 aliphatic rings. The number of hydrogen-bond acceptors (Lipinski definition) is 2. The van der Waals surface area contributed by atoms with Crippen LogP contribution in [-0.4, -0.2) is 29.5 Å². The molecule has 0 saturated carbocycles. The Labute approximate surface area is 107 Å². The number of aromatic hydroxyl groups is 1. The number of aliphatic hydroxyl groups is 1. The monoisotopic (exact) mass is 263 g/mol. The summed E-state index contributed by atoms with van der Waals surface area (Å²) in [6.45, 7) is 3.59. The minimum absolute atomic E-state index is 0. The van der Waals surface area contributed by atoms with Gasteiger partial charge in [-0.1, -0.05) is 6.07 Å². The number of aryl methyl sites for hydroxylation is 1. The molecular weight excluding hydrogens is 245 g/mol. The summed E-state index contributed by atoms with van der Waals surface area (Å²) in [4.78, 5) is 0. The van der Waals surface area contributed by atoms with Gasteiger partial charge in [0.2, 0.25) is 0 Å². The molecule has 17 heavy (non-hydrogen) atoms. The number of alkyl halides is 1. The lowest BCUT2D eigenvalue weighted by Crippen LogP contribution is -3.00. The molecule has 0 radical (unpaired) electrons. The second-order valence-corrected chi connectivity index (χ2v) is 4.06. The largest absolute Gasteiger partial charge is 1.00 e. The van der Waals surface area contributed by atoms with Crippen molar-refractivity contribution in [3.63, 3.8) is 0 Å². The van der Waals surface area contributed by atoms with E-state index in [2.05, 4.69) is 0 Å². The molecule has 2 unspecified atom stereocenters. The van der Waals surface area contributed by atoms with Crippen molar-refractivity contribution in [2.75, 3.05) is 13.2 Å². The topological polar surface area (TPSA) is 57.1 Å². The van der Waals surface area contributed by atoms with E-state index in [-0.39, 0.29) is 24.2 Å². The minimum atomic E-state index is -0.647. The van der Waals surface area contributed by atoms with E-state index in [0.717, 1.165) is 11.1 Å². The molecule has 0 saturated heterocycles. The number of rotatable bonds is 5. The summed E-state index contributed by atoms with van der Waals surface area (Å²) in [5, 5.41) is 21.1. The molecule has 0 aliphatic heterocycles. The number of hydrogen-bond donors (Lipinski definition) is 3. The number of nitrogens with two attached hydrogens (primary N) is 1. The Morgan fingerprint density at radius 2 is 2.06 bits per heavy atom. The lowest BCUT2D eigenvalue weighted by molar-refractivity contribution is -0.694. The van der Waals surface area contributed by atoms with Crippen molar-refractivity contribution in [1.29, 1.82) is 0 Å². The average molecular weight is 264 g/mol. The number of benzene rings is 1. The van der Waals surface area contributed by atoms with E-state index in [1.54, 1.807) is 30.4 Å². The number of phenolic OH excluding ortho intramolecular Hbond substituents is 1. The minimum Gasteiger partial charge on any atom is -1.00 e. The molecular formula is C12H19ClFNO2. The van der Waals surface area contributed by atoms with E-state index in [0.29, 0.717) is 6.54 Å². The van der Waals surface area contributed by atoms with Gasteiger partial charge < -0.3 is 27.9 Å². The van der Waals surface area contributed by atoms with Gasteiger partial charge in [-0.2, -0.15) is 0 Å². The van der Waals surface area contributed by atoms with Crippen molar-refractivity contribution in [1.82, 2.24) is 0 Å². The Balaban J connectivity index is 0.00000256. The molecule has 1 aromatic rings. The molecule has 98 valence electrons. The van der Waals surface area contributed by atoms with Crippen LogP contribution in [0.2, 0.25) is 0 Å². The first kappa shape index (κ1) is 16.2. The predicted octanol–water partition coefficient (Wildman–Crippen LogP) is -2.34. The molecule has 0 heterocycles. The number of aliphatic hydroxyl groups excluding tert-OH is 1. The van der Waals surface area contributed by atoms with Crippen LogP contribution in [0.15, 0.2) is 18.2 Å². The number of quaternary nitrogens is 1. The van der Waals surface area contributed by atoms with E-state index in [9.17, 15) is 14.6 Å². The van der Waals surface area contributed by atoms with E-state index in [1.807, 2.05) is 6.92 Å². The van der Waals surface area contributed by atoms with Gasteiger partial charge in [0, 0.05) is 0 Å². The maximum absolute atomic E-state index is 12.0. The molecule has 1 aromatic carbocycles. The first-order valence-corrected chi connectivity index (χ1v) is 5.43. The summed E-state index contributed by atoms with van der Waals surface area (Å²) < 4.78 is 12.0. The molecule has 1 rings (SSSR count). The molecule has 3 nitrogen and oxygen atoms in total. The van der Waals surface area contributed by atoms with E-state index >= 15 is 0 Å². The van der Waals surface area contributed by atoms with Crippen LogP contribution in [0.4, 0.5) is 4.39 Å². The third-order valence-corrected chi connectivity index (χ3v) is 2.71. The van der Waals surface area contributed by atoms with Gasteiger partial charge in [-0.3, -0.25) is 0 Å². The third-order valence-electron chi connectivity index (χ3n) is 2.71. The summed E-state index contributed by atoms with van der Waals surface area (Å²) in [6.07, 6.45) is -0.647. The van der Waals surface area contributed by atoms with Gasteiger partial charge in [0.05, 0.1) is 0 Å². The van der Waals surface area contributed by atoms with Gasteiger partial charge in [-0.25, -0.2) is 4.39 Å². The van der Waals surface area contributed by atoms with Crippen molar-refractivity contribution >= 4 is 0 Å². The highest BCUT2D eigenvalue weighted by Gasteiger charge is 2.19. The molecule has 0 fully saturated rings. The van der Waals surface area contributed by atoms with E-state index < -0.39 is 12.8 Å². The zero-order valence-corrected chi connectivity index (χ0v) is 10.8. The van der Waals surface area contributed by atoms with Gasteiger partial charge in [0.25, 0.3) is 0 Å². The van der Waals surface area contributed by atoms with Crippen LogP contribution in [0.3, 0.4) is 0 Å². The summed E-state index contributed by atoms with van der Waals surface area (Å²) in [7, 11) is 0. The molecule has 5 heteroatoms. The summed E-state index contributed by atoms with van der Waals surface area (Å²) in [5.41, 5.74) is 1.48. The van der Waals surface area contributed by atoms with Crippen molar-refractivity contribution in [2.24, 2.45) is 0 Å². The fourth-order valence-electron chi connectivity index (χ4n) is 1.62. The maximum Gasteiger partial charge on any atom is 0.138 e. The zero-order valence-electron chi connectivity index (χ0n) is 10.0. The fourth-order valence-corrected chi connectivity index (χ4v) is 1.62. The smallest absolute Gasteiger partial charge is 0.138 e. The SMILES string of the molecule is Cc1cc(C(O)C(C)[NH2+]CCF)ccc1O.[Cl-]. The van der Waals surface area contributed by atoms with Crippen molar-refractivity contribution in [3.05, 3.63) is 29.3 Å². The first-order chi connectivity index (χ1) is 7.56. The third kappa shape index (κ3) is 4.50. The molecule has 0 aliphatic carbocycles. The summed E-state index contributed by atoms with van der Waals surface area (Å²) in [6, 6.07) is 4.90. The Bertz CT molecular complexity index is 349. The van der Waals surface area contributed by atoms with Crippen molar-refractivity contribution < 1.29 is 32.3 Å². The van der Waals surface area contributed by atoms with Crippen LogP contribution < -0.4 is 17.7 Å². The van der Waals surface area contributed by atoms with Crippen LogP contribution >= 0.6 is 0 Å². The number of halogens is 2. The number of phenols is 1. The summed E-state index contributed by atoms with van der Waals surface area (Å²) in [5.74, 6) is 0.219. The van der Waals surface area contributed by atoms with Crippen LogP contribution in [0.25, 0.3) is 0 Å². The zero-order chi connectivity index (χ0) is 12.1. The lowest BCUT2D eigenvalue weighted by atomic mass is 10.0. The van der Waals surface area contributed by atoms with Gasteiger partial charge in [0.1, 0.15) is 31.1 Å².